The van der Waals surface area contributed by atoms with Crippen LogP contribution in [-0.2, 0) is 14.3 Å². The topological polar surface area (TPSA) is 35.5 Å². The van der Waals surface area contributed by atoms with Gasteiger partial charge >= 0.3 is 5.97 Å². The summed E-state index contributed by atoms with van der Waals surface area (Å²) >= 11 is 0. The van der Waals surface area contributed by atoms with Gasteiger partial charge in [0.25, 0.3) is 5.92 Å². The van der Waals surface area contributed by atoms with Gasteiger partial charge in [0, 0.05) is 12.8 Å². The van der Waals surface area contributed by atoms with Crippen LogP contribution in [0.3, 0.4) is 0 Å². The SMILES string of the molecule is CC(=O)OCC1O[C@H](C)C(C)[C@@H](C)C1(F)F. The zero-order valence-electron chi connectivity index (χ0n) is 10.00. The van der Waals surface area contributed by atoms with Crippen molar-refractivity contribution in [2.75, 3.05) is 6.61 Å². The van der Waals surface area contributed by atoms with Crippen LogP contribution >= 0.6 is 0 Å². The van der Waals surface area contributed by atoms with E-state index in [0.717, 1.165) is 0 Å². The molecule has 0 aromatic heterocycles. The van der Waals surface area contributed by atoms with Gasteiger partial charge in [-0.2, -0.15) is 0 Å². The Hall–Kier alpha value is -0.710. The number of hydrogen-bond acceptors (Lipinski definition) is 3. The van der Waals surface area contributed by atoms with E-state index in [0.29, 0.717) is 0 Å². The summed E-state index contributed by atoms with van der Waals surface area (Å²) in [5, 5.41) is 0. The van der Waals surface area contributed by atoms with Crippen molar-refractivity contribution >= 4 is 5.97 Å². The lowest BCUT2D eigenvalue weighted by atomic mass is 9.81. The van der Waals surface area contributed by atoms with Crippen molar-refractivity contribution in [3.63, 3.8) is 0 Å². The van der Waals surface area contributed by atoms with Crippen LogP contribution in [0, 0.1) is 11.8 Å². The van der Waals surface area contributed by atoms with Crippen LogP contribution in [0.5, 0.6) is 0 Å². The van der Waals surface area contributed by atoms with Gasteiger partial charge in [0.15, 0.2) is 6.10 Å². The molecular formula is C11H18F2O3. The van der Waals surface area contributed by atoms with E-state index < -0.39 is 23.9 Å². The quantitative estimate of drug-likeness (QED) is 0.690. The second kappa shape index (κ2) is 4.65. The fourth-order valence-electron chi connectivity index (χ4n) is 1.87. The van der Waals surface area contributed by atoms with Crippen molar-refractivity contribution in [1.82, 2.24) is 0 Å². The Morgan fingerprint density at radius 3 is 2.44 bits per heavy atom. The summed E-state index contributed by atoms with van der Waals surface area (Å²) in [4.78, 5) is 10.6. The lowest BCUT2D eigenvalue weighted by Crippen LogP contribution is -2.54. The van der Waals surface area contributed by atoms with Crippen molar-refractivity contribution in [3.8, 4) is 0 Å². The molecule has 2 unspecified atom stereocenters. The van der Waals surface area contributed by atoms with Gasteiger partial charge in [-0.3, -0.25) is 4.79 Å². The maximum atomic E-state index is 13.8. The van der Waals surface area contributed by atoms with Crippen LogP contribution in [0.1, 0.15) is 27.7 Å². The van der Waals surface area contributed by atoms with Gasteiger partial charge in [-0.15, -0.1) is 0 Å². The number of carbonyl (C=O) groups excluding carboxylic acids is 1. The first-order chi connectivity index (χ1) is 7.26. The van der Waals surface area contributed by atoms with Gasteiger partial charge in [-0.25, -0.2) is 8.78 Å². The number of halogens is 2. The van der Waals surface area contributed by atoms with E-state index in [-0.39, 0.29) is 18.6 Å². The molecule has 0 N–H and O–H groups in total. The largest absolute Gasteiger partial charge is 0.463 e. The number of rotatable bonds is 2. The zero-order chi connectivity index (χ0) is 12.5. The minimum atomic E-state index is -2.96. The molecule has 1 aliphatic heterocycles. The van der Waals surface area contributed by atoms with Gasteiger partial charge in [-0.1, -0.05) is 13.8 Å². The van der Waals surface area contributed by atoms with Gasteiger partial charge in [0.2, 0.25) is 0 Å². The first kappa shape index (κ1) is 13.4. The van der Waals surface area contributed by atoms with Crippen LogP contribution < -0.4 is 0 Å². The molecule has 3 nitrogen and oxygen atoms in total. The smallest absolute Gasteiger partial charge is 0.302 e. The standard InChI is InChI=1S/C11H18F2O3/c1-6-7(2)11(12,13)10(16-8(6)3)5-15-9(4)14/h6-8,10H,5H2,1-4H3/t6?,7-,8-,10?/m1/s1. The first-order valence-corrected chi connectivity index (χ1v) is 5.43. The van der Waals surface area contributed by atoms with Crippen LogP contribution in [0.2, 0.25) is 0 Å². The van der Waals surface area contributed by atoms with Gasteiger partial charge in [0.05, 0.1) is 6.10 Å². The normalized spacial score (nSPS) is 38.1. The molecule has 1 aliphatic rings. The van der Waals surface area contributed by atoms with Gasteiger partial charge in [-0.05, 0) is 12.8 Å². The third kappa shape index (κ3) is 2.51. The van der Waals surface area contributed by atoms with Crippen molar-refractivity contribution in [2.24, 2.45) is 11.8 Å². The third-order valence-electron chi connectivity index (χ3n) is 3.38. The molecule has 0 spiro atoms. The van der Waals surface area contributed by atoms with Gasteiger partial charge in [0.1, 0.15) is 6.61 Å². The third-order valence-corrected chi connectivity index (χ3v) is 3.38. The molecule has 0 saturated carbocycles. The molecule has 4 atom stereocenters. The molecule has 94 valence electrons. The molecule has 0 aliphatic carbocycles. The van der Waals surface area contributed by atoms with Crippen LogP contribution in [0.25, 0.3) is 0 Å². The molecule has 16 heavy (non-hydrogen) atoms. The van der Waals surface area contributed by atoms with E-state index in [1.807, 2.05) is 0 Å². The lowest BCUT2D eigenvalue weighted by Gasteiger charge is -2.43. The molecule has 0 radical (unpaired) electrons. The number of hydrogen-bond donors (Lipinski definition) is 0. The highest BCUT2D eigenvalue weighted by Crippen LogP contribution is 2.42. The van der Waals surface area contributed by atoms with Crippen molar-refractivity contribution in [3.05, 3.63) is 0 Å². The second-order valence-corrected chi connectivity index (χ2v) is 4.45. The number of esters is 1. The number of ether oxygens (including phenoxy) is 2. The second-order valence-electron chi connectivity index (χ2n) is 4.45. The number of alkyl halides is 2. The average molecular weight is 236 g/mol. The highest BCUT2D eigenvalue weighted by atomic mass is 19.3. The minimum Gasteiger partial charge on any atom is -0.463 e. The van der Waals surface area contributed by atoms with Gasteiger partial charge < -0.3 is 9.47 Å². The molecule has 0 bridgehead atoms. The molecule has 1 fully saturated rings. The molecule has 0 amide bonds. The summed E-state index contributed by atoms with van der Waals surface area (Å²) in [6.45, 7) is 5.81. The van der Waals surface area contributed by atoms with E-state index in [1.165, 1.54) is 13.8 Å². The summed E-state index contributed by atoms with van der Waals surface area (Å²) in [5.41, 5.74) is 0. The average Bonchev–Trinajstić information content (AvgIpc) is 2.19. The van der Waals surface area contributed by atoms with E-state index in [1.54, 1.807) is 13.8 Å². The highest BCUT2D eigenvalue weighted by Gasteiger charge is 2.53. The Morgan fingerprint density at radius 1 is 1.38 bits per heavy atom. The van der Waals surface area contributed by atoms with E-state index in [9.17, 15) is 13.6 Å². The highest BCUT2D eigenvalue weighted by molar-refractivity contribution is 5.65. The van der Waals surface area contributed by atoms with E-state index >= 15 is 0 Å². The van der Waals surface area contributed by atoms with Crippen LogP contribution in [-0.4, -0.2) is 30.7 Å². The van der Waals surface area contributed by atoms with Crippen molar-refractivity contribution in [2.45, 2.75) is 45.8 Å². The summed E-state index contributed by atoms with van der Waals surface area (Å²) in [6, 6.07) is 0. The minimum absolute atomic E-state index is 0.219. The van der Waals surface area contributed by atoms with E-state index in [4.69, 9.17) is 4.74 Å². The predicted octanol–water partition coefficient (Wildman–Crippen LogP) is 2.24. The fourth-order valence-corrected chi connectivity index (χ4v) is 1.87. The van der Waals surface area contributed by atoms with Crippen molar-refractivity contribution < 1.29 is 23.0 Å². The zero-order valence-corrected chi connectivity index (χ0v) is 10.00. The summed E-state index contributed by atoms with van der Waals surface area (Å²) in [6.07, 6.45) is -1.59. The molecular weight excluding hydrogens is 218 g/mol. The summed E-state index contributed by atoms with van der Waals surface area (Å²) in [5.74, 6) is -4.53. The molecule has 0 aromatic rings. The molecule has 1 saturated heterocycles. The fraction of sp³-hybridized carbons (Fsp3) is 0.909. The Bertz CT molecular complexity index is 268. The molecule has 5 heteroatoms. The summed E-state index contributed by atoms with van der Waals surface area (Å²) < 4.78 is 37.5. The van der Waals surface area contributed by atoms with E-state index in [2.05, 4.69) is 4.74 Å². The Morgan fingerprint density at radius 2 is 1.94 bits per heavy atom. The Labute approximate surface area is 94.1 Å². The van der Waals surface area contributed by atoms with Crippen LogP contribution in [0.15, 0.2) is 0 Å². The predicted molar refractivity (Wildman–Crippen MR) is 54.2 cm³/mol. The molecule has 0 aromatic carbocycles. The lowest BCUT2D eigenvalue weighted by molar-refractivity contribution is -0.254. The van der Waals surface area contributed by atoms with Crippen LogP contribution in [0.4, 0.5) is 8.78 Å². The first-order valence-electron chi connectivity index (χ1n) is 5.43. The molecule has 1 heterocycles. The van der Waals surface area contributed by atoms with Crippen molar-refractivity contribution in [1.29, 1.82) is 0 Å². The molecule has 1 rings (SSSR count). The maximum absolute atomic E-state index is 13.8. The summed E-state index contributed by atoms with van der Waals surface area (Å²) in [7, 11) is 0. The maximum Gasteiger partial charge on any atom is 0.302 e. The number of carbonyl (C=O) groups is 1. The monoisotopic (exact) mass is 236 g/mol. The Balaban J connectivity index is 2.72. The Kier molecular flexibility index (Phi) is 3.88.